The first-order chi connectivity index (χ1) is 8.03. The third kappa shape index (κ3) is 5.41. The highest BCUT2D eigenvalue weighted by molar-refractivity contribution is 5.00. The van der Waals surface area contributed by atoms with Crippen LogP contribution in [0.15, 0.2) is 12.4 Å². The van der Waals surface area contributed by atoms with Crippen molar-refractivity contribution < 1.29 is 0 Å². The predicted octanol–water partition coefficient (Wildman–Crippen LogP) is 2.20. The summed E-state index contributed by atoms with van der Waals surface area (Å²) in [5.74, 6) is 0. The van der Waals surface area contributed by atoms with Gasteiger partial charge in [0.1, 0.15) is 0 Å². The summed E-state index contributed by atoms with van der Waals surface area (Å²) in [5.41, 5.74) is 1.67. The van der Waals surface area contributed by atoms with Crippen LogP contribution in [0.25, 0.3) is 0 Å². The summed E-state index contributed by atoms with van der Waals surface area (Å²) in [6.07, 6.45) is 5.48. The molecule has 1 aromatic heterocycles. The van der Waals surface area contributed by atoms with Gasteiger partial charge >= 0.3 is 0 Å². The maximum absolute atomic E-state index is 8.87. The third-order valence-electron chi connectivity index (χ3n) is 2.60. The molecule has 1 aromatic rings. The van der Waals surface area contributed by atoms with E-state index in [-0.39, 0.29) is 5.41 Å². The molecule has 17 heavy (non-hydrogen) atoms. The molecule has 4 nitrogen and oxygen atoms in total. The molecule has 1 rings (SSSR count). The molecule has 0 fully saturated rings. The fraction of sp³-hybridized carbons (Fsp3) is 0.615. The van der Waals surface area contributed by atoms with Crippen molar-refractivity contribution >= 4 is 0 Å². The molecule has 0 radical (unpaired) electrons. The van der Waals surface area contributed by atoms with Crippen LogP contribution >= 0.6 is 0 Å². The van der Waals surface area contributed by atoms with Gasteiger partial charge in [0.05, 0.1) is 22.9 Å². The van der Waals surface area contributed by atoms with E-state index in [0.29, 0.717) is 0 Å². The lowest BCUT2D eigenvalue weighted by atomic mass is 9.90. The monoisotopic (exact) mass is 232 g/mol. The lowest BCUT2D eigenvalue weighted by molar-refractivity contribution is 0.425. The van der Waals surface area contributed by atoms with E-state index in [9.17, 15) is 0 Å². The molecule has 0 unspecified atom stereocenters. The van der Waals surface area contributed by atoms with Crippen LogP contribution in [0, 0.1) is 23.7 Å². The predicted molar refractivity (Wildman–Crippen MR) is 67.1 cm³/mol. The Balaban J connectivity index is 2.17. The van der Waals surface area contributed by atoms with E-state index in [2.05, 4.69) is 21.4 Å². The highest BCUT2D eigenvalue weighted by Crippen LogP contribution is 2.19. The quantitative estimate of drug-likeness (QED) is 0.764. The maximum Gasteiger partial charge on any atom is 0.0724 e. The fourth-order valence-corrected chi connectivity index (χ4v) is 1.44. The van der Waals surface area contributed by atoms with Crippen molar-refractivity contribution in [3.05, 3.63) is 23.8 Å². The molecule has 0 aliphatic carbocycles. The number of rotatable bonds is 6. The lowest BCUT2D eigenvalue weighted by Crippen LogP contribution is -2.18. The molecule has 0 aliphatic heterocycles. The van der Waals surface area contributed by atoms with Crippen molar-refractivity contribution in [3.8, 4) is 6.07 Å². The number of aryl methyl sites for hydroxylation is 1. The normalized spacial score (nSPS) is 11.2. The Morgan fingerprint density at radius 1 is 1.35 bits per heavy atom. The summed E-state index contributed by atoms with van der Waals surface area (Å²) in [7, 11) is 0. The molecule has 0 bridgehead atoms. The zero-order valence-electron chi connectivity index (χ0n) is 10.8. The molecule has 0 saturated carbocycles. The van der Waals surface area contributed by atoms with Gasteiger partial charge in [-0.05, 0) is 40.2 Å². The van der Waals surface area contributed by atoms with Crippen LogP contribution in [0.3, 0.4) is 0 Å². The standard InChI is InChI=1S/C13H20N4/c1-11-7-17-12(9-16-11)8-15-6-4-5-13(2,3)10-14/h7,9,15H,4-6,8H2,1-3H3. The van der Waals surface area contributed by atoms with E-state index in [1.807, 2.05) is 20.8 Å². The molecule has 1 heterocycles. The summed E-state index contributed by atoms with van der Waals surface area (Å²) < 4.78 is 0. The van der Waals surface area contributed by atoms with Gasteiger partial charge in [0.25, 0.3) is 0 Å². The van der Waals surface area contributed by atoms with Gasteiger partial charge in [-0.1, -0.05) is 0 Å². The average Bonchev–Trinajstić information content (AvgIpc) is 2.31. The Labute approximate surface area is 103 Å². The summed E-state index contributed by atoms with van der Waals surface area (Å²) in [6.45, 7) is 7.51. The zero-order chi connectivity index (χ0) is 12.7. The Morgan fingerprint density at radius 2 is 2.12 bits per heavy atom. The molecule has 4 heteroatoms. The zero-order valence-corrected chi connectivity index (χ0v) is 10.8. The number of nitrogens with zero attached hydrogens (tertiary/aromatic N) is 3. The summed E-state index contributed by atoms with van der Waals surface area (Å²) >= 11 is 0. The van der Waals surface area contributed by atoms with E-state index < -0.39 is 0 Å². The van der Waals surface area contributed by atoms with E-state index in [0.717, 1.165) is 37.3 Å². The van der Waals surface area contributed by atoms with Gasteiger partial charge < -0.3 is 5.32 Å². The van der Waals surface area contributed by atoms with Crippen molar-refractivity contribution in [1.82, 2.24) is 15.3 Å². The van der Waals surface area contributed by atoms with E-state index in [1.165, 1.54) is 0 Å². The van der Waals surface area contributed by atoms with Gasteiger partial charge in [-0.3, -0.25) is 9.97 Å². The summed E-state index contributed by atoms with van der Waals surface area (Å²) in [6, 6.07) is 2.31. The summed E-state index contributed by atoms with van der Waals surface area (Å²) in [5, 5.41) is 12.2. The molecule has 0 aliphatic rings. The second kappa shape index (κ2) is 6.31. The Hall–Kier alpha value is -1.47. The van der Waals surface area contributed by atoms with Gasteiger partial charge in [-0.25, -0.2) is 0 Å². The third-order valence-corrected chi connectivity index (χ3v) is 2.60. The van der Waals surface area contributed by atoms with Gasteiger partial charge in [-0.15, -0.1) is 0 Å². The van der Waals surface area contributed by atoms with Crippen molar-refractivity contribution in [2.45, 2.75) is 40.2 Å². The molecular weight excluding hydrogens is 212 g/mol. The Morgan fingerprint density at radius 3 is 2.71 bits per heavy atom. The number of nitrogens with one attached hydrogen (secondary N) is 1. The van der Waals surface area contributed by atoms with E-state index in [1.54, 1.807) is 12.4 Å². The number of hydrogen-bond acceptors (Lipinski definition) is 4. The van der Waals surface area contributed by atoms with E-state index >= 15 is 0 Å². The van der Waals surface area contributed by atoms with Crippen molar-refractivity contribution in [1.29, 1.82) is 5.26 Å². The van der Waals surface area contributed by atoms with Gasteiger partial charge in [0.2, 0.25) is 0 Å². The first-order valence-corrected chi connectivity index (χ1v) is 5.93. The van der Waals surface area contributed by atoms with Crippen LogP contribution in [-0.2, 0) is 6.54 Å². The smallest absolute Gasteiger partial charge is 0.0724 e. The molecule has 1 N–H and O–H groups in total. The van der Waals surface area contributed by atoms with Crippen LogP contribution < -0.4 is 5.32 Å². The highest BCUT2D eigenvalue weighted by Gasteiger charge is 2.15. The molecule has 0 spiro atoms. The Kier molecular flexibility index (Phi) is 5.05. The van der Waals surface area contributed by atoms with Crippen LogP contribution in [0.4, 0.5) is 0 Å². The molecule has 92 valence electrons. The van der Waals surface area contributed by atoms with Crippen molar-refractivity contribution in [2.24, 2.45) is 5.41 Å². The van der Waals surface area contributed by atoms with Crippen molar-refractivity contribution in [2.75, 3.05) is 6.54 Å². The first-order valence-electron chi connectivity index (χ1n) is 5.93. The minimum atomic E-state index is -0.217. The van der Waals surface area contributed by atoms with E-state index in [4.69, 9.17) is 5.26 Å². The van der Waals surface area contributed by atoms with Crippen LogP contribution in [0.2, 0.25) is 0 Å². The minimum absolute atomic E-state index is 0.217. The second-order valence-electron chi connectivity index (χ2n) is 4.93. The Bertz CT molecular complexity index is 375. The fourth-order valence-electron chi connectivity index (χ4n) is 1.44. The van der Waals surface area contributed by atoms with Gasteiger partial charge in [0, 0.05) is 18.9 Å². The van der Waals surface area contributed by atoms with Crippen molar-refractivity contribution in [3.63, 3.8) is 0 Å². The van der Waals surface area contributed by atoms with Gasteiger partial charge in [0.15, 0.2) is 0 Å². The van der Waals surface area contributed by atoms with Crippen LogP contribution in [0.1, 0.15) is 38.1 Å². The average molecular weight is 232 g/mol. The number of aromatic nitrogens is 2. The molecule has 0 aromatic carbocycles. The first kappa shape index (κ1) is 13.6. The minimum Gasteiger partial charge on any atom is -0.311 e. The number of hydrogen-bond donors (Lipinski definition) is 1. The SMILES string of the molecule is Cc1cnc(CNCCCC(C)(C)C#N)cn1. The number of nitriles is 1. The summed E-state index contributed by atoms with van der Waals surface area (Å²) in [4.78, 5) is 8.45. The molecule has 0 saturated heterocycles. The molecule has 0 atom stereocenters. The maximum atomic E-state index is 8.87. The molecule has 0 amide bonds. The second-order valence-corrected chi connectivity index (χ2v) is 4.93. The largest absolute Gasteiger partial charge is 0.311 e. The molecular formula is C13H20N4. The van der Waals surface area contributed by atoms with Crippen LogP contribution in [0.5, 0.6) is 0 Å². The topological polar surface area (TPSA) is 61.6 Å². The van der Waals surface area contributed by atoms with Gasteiger partial charge in [-0.2, -0.15) is 5.26 Å². The highest BCUT2D eigenvalue weighted by atomic mass is 14.9. The van der Waals surface area contributed by atoms with Crippen LogP contribution in [-0.4, -0.2) is 16.5 Å². The lowest BCUT2D eigenvalue weighted by Gasteiger charge is -2.14.